The summed E-state index contributed by atoms with van der Waals surface area (Å²) >= 11 is 0. The van der Waals surface area contributed by atoms with Gasteiger partial charge in [0.15, 0.2) is 0 Å². The first-order chi connectivity index (χ1) is 15.1. The summed E-state index contributed by atoms with van der Waals surface area (Å²) in [6.45, 7) is 2.17. The minimum Gasteiger partial charge on any atom is -0.488 e. The lowest BCUT2D eigenvalue weighted by molar-refractivity contribution is 0.0954. The van der Waals surface area contributed by atoms with Crippen molar-refractivity contribution in [3.05, 3.63) is 113 Å². The molecule has 0 saturated carbocycles. The van der Waals surface area contributed by atoms with Crippen LogP contribution >= 0.6 is 0 Å². The predicted molar refractivity (Wildman–Crippen MR) is 121 cm³/mol. The molecule has 0 aliphatic carbocycles. The van der Waals surface area contributed by atoms with Gasteiger partial charge in [-0.05, 0) is 53.1 Å². The number of carbonyl (C=O) groups excluding carboxylic acids is 1. The third kappa shape index (κ3) is 4.78. The second kappa shape index (κ2) is 9.22. The van der Waals surface area contributed by atoms with E-state index < -0.39 is 0 Å². The third-order valence-corrected chi connectivity index (χ3v) is 4.99. The van der Waals surface area contributed by atoms with Gasteiger partial charge in [-0.2, -0.15) is 5.10 Å². The third-order valence-electron chi connectivity index (χ3n) is 4.99. The molecule has 4 rings (SSSR count). The largest absolute Gasteiger partial charge is 0.488 e. The number of fused-ring (bicyclic) bond motifs is 1. The number of hydrazone groups is 1. The summed E-state index contributed by atoms with van der Waals surface area (Å²) in [5.74, 6) is 0.0620. The molecule has 0 atom stereocenters. The number of carbonyl (C=O) groups is 1. The first kappa shape index (κ1) is 20.3. The van der Waals surface area contributed by atoms with E-state index in [4.69, 9.17) is 4.74 Å². The highest BCUT2D eigenvalue weighted by atomic mass is 19.1. The van der Waals surface area contributed by atoms with Gasteiger partial charge in [0.2, 0.25) is 0 Å². The Hall–Kier alpha value is -3.99. The number of nitrogens with zero attached hydrogens (tertiary/aromatic N) is 1. The molecule has 0 aliphatic rings. The van der Waals surface area contributed by atoms with Crippen LogP contribution in [0.2, 0.25) is 0 Å². The minimum atomic E-state index is -0.285. The monoisotopic (exact) mass is 412 g/mol. The van der Waals surface area contributed by atoms with Crippen LogP contribution in [0.15, 0.2) is 90.0 Å². The van der Waals surface area contributed by atoms with Crippen molar-refractivity contribution in [3.8, 4) is 5.75 Å². The molecule has 0 bridgehead atoms. The van der Waals surface area contributed by atoms with Crippen LogP contribution < -0.4 is 10.2 Å². The van der Waals surface area contributed by atoms with E-state index in [1.165, 1.54) is 12.1 Å². The van der Waals surface area contributed by atoms with Gasteiger partial charge in [-0.25, -0.2) is 9.82 Å². The van der Waals surface area contributed by atoms with Crippen LogP contribution in [0.25, 0.3) is 10.8 Å². The second-order valence-corrected chi connectivity index (χ2v) is 7.13. The molecule has 1 amide bonds. The summed E-state index contributed by atoms with van der Waals surface area (Å²) in [7, 11) is 0. The Bertz CT molecular complexity index is 1250. The first-order valence-electron chi connectivity index (χ1n) is 9.90. The lowest BCUT2D eigenvalue weighted by Gasteiger charge is -2.12. The Morgan fingerprint density at radius 2 is 1.71 bits per heavy atom. The van der Waals surface area contributed by atoms with E-state index in [0.29, 0.717) is 11.3 Å². The number of nitrogens with one attached hydrogen (secondary N) is 1. The van der Waals surface area contributed by atoms with E-state index >= 15 is 0 Å². The highest BCUT2D eigenvalue weighted by molar-refractivity contribution is 6.03. The number of hydrogen-bond donors (Lipinski definition) is 1. The normalized spacial score (nSPS) is 11.0. The van der Waals surface area contributed by atoms with Crippen molar-refractivity contribution in [1.29, 1.82) is 0 Å². The Labute approximate surface area is 180 Å². The molecule has 0 aromatic heterocycles. The molecule has 1 N–H and O–H groups in total. The molecule has 0 fully saturated rings. The van der Waals surface area contributed by atoms with E-state index in [1.54, 1.807) is 24.4 Å². The maximum absolute atomic E-state index is 13.1. The van der Waals surface area contributed by atoms with Crippen LogP contribution in [-0.2, 0) is 6.61 Å². The molecule has 31 heavy (non-hydrogen) atoms. The summed E-state index contributed by atoms with van der Waals surface area (Å²) in [6, 6.07) is 25.2. The lowest BCUT2D eigenvalue weighted by Crippen LogP contribution is -2.18. The maximum atomic E-state index is 13.1. The molecule has 0 saturated heterocycles. The molecule has 0 spiro atoms. The van der Waals surface area contributed by atoms with Gasteiger partial charge in [-0.15, -0.1) is 0 Å². The fourth-order valence-electron chi connectivity index (χ4n) is 3.32. The highest BCUT2D eigenvalue weighted by Gasteiger charge is 2.10. The molecule has 0 aliphatic heterocycles. The van der Waals surface area contributed by atoms with Crippen molar-refractivity contribution < 1.29 is 13.9 Å². The number of ether oxygens (including phenoxy) is 1. The summed E-state index contributed by atoms with van der Waals surface area (Å²) in [5, 5.41) is 6.16. The molecule has 0 heterocycles. The van der Waals surface area contributed by atoms with Gasteiger partial charge in [-0.3, -0.25) is 4.79 Å². The highest BCUT2D eigenvalue weighted by Crippen LogP contribution is 2.27. The average Bonchev–Trinajstić information content (AvgIpc) is 2.79. The molecule has 4 nitrogen and oxygen atoms in total. The van der Waals surface area contributed by atoms with Gasteiger partial charge in [0, 0.05) is 11.1 Å². The zero-order valence-electron chi connectivity index (χ0n) is 17.0. The quantitative estimate of drug-likeness (QED) is 0.330. The van der Waals surface area contributed by atoms with Crippen molar-refractivity contribution in [3.63, 3.8) is 0 Å². The Morgan fingerprint density at radius 1 is 0.968 bits per heavy atom. The van der Waals surface area contributed by atoms with Crippen LogP contribution in [0.4, 0.5) is 4.39 Å². The van der Waals surface area contributed by atoms with E-state index in [1.807, 2.05) is 61.5 Å². The molecule has 0 unspecified atom stereocenters. The van der Waals surface area contributed by atoms with E-state index in [0.717, 1.165) is 27.5 Å². The van der Waals surface area contributed by atoms with Crippen molar-refractivity contribution in [1.82, 2.24) is 5.43 Å². The zero-order chi connectivity index (χ0) is 21.6. The van der Waals surface area contributed by atoms with Crippen molar-refractivity contribution in [2.45, 2.75) is 13.5 Å². The molecule has 154 valence electrons. The van der Waals surface area contributed by atoms with Gasteiger partial charge in [0.1, 0.15) is 18.2 Å². The fraction of sp³-hybridized carbons (Fsp3) is 0.0769. The lowest BCUT2D eigenvalue weighted by atomic mass is 10.0. The fourth-order valence-corrected chi connectivity index (χ4v) is 3.32. The van der Waals surface area contributed by atoms with Crippen LogP contribution in [0, 0.1) is 12.7 Å². The van der Waals surface area contributed by atoms with Crippen molar-refractivity contribution in [2.24, 2.45) is 5.10 Å². The number of hydrogen-bond acceptors (Lipinski definition) is 3. The van der Waals surface area contributed by atoms with Crippen molar-refractivity contribution in [2.75, 3.05) is 0 Å². The Balaban J connectivity index is 1.59. The molecule has 4 aromatic carbocycles. The van der Waals surface area contributed by atoms with Crippen molar-refractivity contribution >= 4 is 22.9 Å². The van der Waals surface area contributed by atoms with Gasteiger partial charge in [-0.1, -0.05) is 60.7 Å². The number of amides is 1. The van der Waals surface area contributed by atoms with Crippen LogP contribution in [-0.4, -0.2) is 12.1 Å². The second-order valence-electron chi connectivity index (χ2n) is 7.13. The number of rotatable bonds is 6. The van der Waals surface area contributed by atoms with Crippen LogP contribution in [0.5, 0.6) is 5.75 Å². The van der Waals surface area contributed by atoms with E-state index in [9.17, 15) is 9.18 Å². The molecule has 5 heteroatoms. The summed E-state index contributed by atoms with van der Waals surface area (Å²) in [6.07, 6.45) is 1.60. The SMILES string of the molecule is Cc1ccccc1C(=O)N/N=C\c1c(OCc2ccc(F)cc2)ccc2ccccc12. The average molecular weight is 412 g/mol. The minimum absolute atomic E-state index is 0.275. The molecule has 4 aromatic rings. The number of halogens is 1. The van der Waals surface area contributed by atoms with Crippen LogP contribution in [0.1, 0.15) is 27.0 Å². The summed E-state index contributed by atoms with van der Waals surface area (Å²) in [5.41, 5.74) is 5.65. The molecular weight excluding hydrogens is 391 g/mol. The van der Waals surface area contributed by atoms with Gasteiger partial charge in [0.25, 0.3) is 5.91 Å². The van der Waals surface area contributed by atoms with Gasteiger partial charge >= 0.3 is 0 Å². The topological polar surface area (TPSA) is 50.7 Å². The molecular formula is C26H21FN2O2. The first-order valence-corrected chi connectivity index (χ1v) is 9.90. The van der Waals surface area contributed by atoms with E-state index in [-0.39, 0.29) is 18.3 Å². The standard InChI is InChI=1S/C26H21FN2O2/c1-18-6-2-4-8-22(18)26(30)29-28-16-24-23-9-5-3-7-20(23)12-15-25(24)31-17-19-10-13-21(27)14-11-19/h2-16H,17H2,1H3,(H,29,30)/b28-16-. The maximum Gasteiger partial charge on any atom is 0.271 e. The van der Waals surface area contributed by atoms with Gasteiger partial charge in [0.05, 0.1) is 6.21 Å². The summed E-state index contributed by atoms with van der Waals surface area (Å²) in [4.78, 5) is 12.5. The number of aryl methyl sites for hydroxylation is 1. The van der Waals surface area contributed by atoms with E-state index in [2.05, 4.69) is 10.5 Å². The van der Waals surface area contributed by atoms with Crippen LogP contribution in [0.3, 0.4) is 0 Å². The summed E-state index contributed by atoms with van der Waals surface area (Å²) < 4.78 is 19.2. The molecule has 0 radical (unpaired) electrons. The Kier molecular flexibility index (Phi) is 6.03. The zero-order valence-corrected chi connectivity index (χ0v) is 17.0. The van der Waals surface area contributed by atoms with Gasteiger partial charge < -0.3 is 4.74 Å². The number of benzene rings is 4. The predicted octanol–water partition coefficient (Wildman–Crippen LogP) is 5.63. The smallest absolute Gasteiger partial charge is 0.271 e. The Morgan fingerprint density at radius 3 is 2.52 bits per heavy atom.